The fraction of sp³-hybridized carbons (Fsp3) is 0.450. The summed E-state index contributed by atoms with van der Waals surface area (Å²) in [7, 11) is 1.22. The lowest BCUT2D eigenvalue weighted by atomic mass is 9.95. The molecule has 0 saturated heterocycles. The van der Waals surface area contributed by atoms with Gasteiger partial charge in [-0.25, -0.2) is 14.6 Å². The highest BCUT2D eigenvalue weighted by Gasteiger charge is 2.39. The van der Waals surface area contributed by atoms with E-state index in [4.69, 9.17) is 4.74 Å². The van der Waals surface area contributed by atoms with Crippen molar-refractivity contribution >= 4 is 12.0 Å². The number of benzene rings is 1. The van der Waals surface area contributed by atoms with E-state index in [2.05, 4.69) is 20.0 Å². The molecule has 2 heterocycles. The van der Waals surface area contributed by atoms with Gasteiger partial charge < -0.3 is 24.7 Å². The molecule has 1 aromatic heterocycles. The maximum absolute atomic E-state index is 13.2. The minimum absolute atomic E-state index is 0.127. The van der Waals surface area contributed by atoms with E-state index >= 15 is 0 Å². The molecule has 2 amide bonds. The molecular formula is C20H23F3N4O4. The Hall–Kier alpha value is -3.24. The predicted octanol–water partition coefficient (Wildman–Crippen LogP) is 3.16. The second-order valence-electron chi connectivity index (χ2n) is 7.39. The lowest BCUT2D eigenvalue weighted by Gasteiger charge is -2.37. The Morgan fingerprint density at radius 3 is 2.65 bits per heavy atom. The van der Waals surface area contributed by atoms with Crippen LogP contribution >= 0.6 is 0 Å². The third-order valence-corrected chi connectivity index (χ3v) is 5.03. The van der Waals surface area contributed by atoms with Crippen LogP contribution in [-0.2, 0) is 16.0 Å². The molecule has 1 aliphatic rings. The van der Waals surface area contributed by atoms with Gasteiger partial charge >= 0.3 is 18.4 Å². The number of aromatic nitrogens is 2. The molecule has 2 aromatic rings. The smallest absolute Gasteiger partial charge is 0.467 e. The number of para-hydroxylation sites is 1. The number of nitrogens with one attached hydrogen (secondary N) is 2. The number of esters is 1. The number of imidazole rings is 1. The molecule has 2 N–H and O–H groups in total. The summed E-state index contributed by atoms with van der Waals surface area (Å²) in [6.07, 6.45) is -3.05. The molecule has 8 nitrogen and oxygen atoms in total. The molecule has 0 aliphatic carbocycles. The van der Waals surface area contributed by atoms with Gasteiger partial charge in [-0.3, -0.25) is 0 Å². The number of hydrogen-bond donors (Lipinski definition) is 2. The SMILES string of the molecule is COC(=O)C(NC(=O)N1CCc2[nH]cnc2C1c1ccccc1OC(F)(F)F)C(C)C. The van der Waals surface area contributed by atoms with Crippen molar-refractivity contribution < 1.29 is 32.2 Å². The van der Waals surface area contributed by atoms with Crippen LogP contribution in [0.4, 0.5) is 18.0 Å². The van der Waals surface area contributed by atoms with Crippen LogP contribution in [0, 0.1) is 5.92 Å². The Kier molecular flexibility index (Phi) is 6.42. The summed E-state index contributed by atoms with van der Waals surface area (Å²) in [4.78, 5) is 33.8. The first kappa shape index (κ1) is 22.4. The zero-order chi connectivity index (χ0) is 22.8. The molecule has 168 valence electrons. The number of fused-ring (bicyclic) bond motifs is 1. The number of carbonyl (C=O) groups is 2. The molecule has 2 unspecified atom stereocenters. The third-order valence-electron chi connectivity index (χ3n) is 5.03. The van der Waals surface area contributed by atoms with E-state index in [0.29, 0.717) is 17.8 Å². The summed E-state index contributed by atoms with van der Waals surface area (Å²) < 4.78 is 47.9. The topological polar surface area (TPSA) is 96.6 Å². The first-order valence-electron chi connectivity index (χ1n) is 9.64. The highest BCUT2D eigenvalue weighted by atomic mass is 19.4. The third kappa shape index (κ3) is 4.92. The lowest BCUT2D eigenvalue weighted by molar-refractivity contribution is -0.275. The van der Waals surface area contributed by atoms with Crippen molar-refractivity contribution in [3.05, 3.63) is 47.5 Å². The van der Waals surface area contributed by atoms with E-state index in [0.717, 1.165) is 0 Å². The minimum Gasteiger partial charge on any atom is -0.467 e. The Morgan fingerprint density at radius 2 is 2.00 bits per heavy atom. The average Bonchev–Trinajstić information content (AvgIpc) is 3.18. The van der Waals surface area contributed by atoms with Crippen molar-refractivity contribution in [2.75, 3.05) is 13.7 Å². The van der Waals surface area contributed by atoms with Gasteiger partial charge in [-0.2, -0.15) is 0 Å². The lowest BCUT2D eigenvalue weighted by Crippen LogP contribution is -2.53. The summed E-state index contributed by atoms with van der Waals surface area (Å²) in [5.74, 6) is -1.30. The number of amides is 2. The molecule has 0 spiro atoms. The van der Waals surface area contributed by atoms with E-state index in [1.165, 1.54) is 36.5 Å². The summed E-state index contributed by atoms with van der Waals surface area (Å²) in [5.41, 5.74) is 1.25. The Bertz CT molecular complexity index is 945. The van der Waals surface area contributed by atoms with Gasteiger partial charge in [0.15, 0.2) is 0 Å². The number of H-pyrrole nitrogens is 1. The zero-order valence-corrected chi connectivity index (χ0v) is 17.2. The molecule has 31 heavy (non-hydrogen) atoms. The normalized spacial score (nSPS) is 17.1. The fourth-order valence-electron chi connectivity index (χ4n) is 3.58. The van der Waals surface area contributed by atoms with Crippen LogP contribution in [0.15, 0.2) is 30.6 Å². The predicted molar refractivity (Wildman–Crippen MR) is 103 cm³/mol. The van der Waals surface area contributed by atoms with E-state index in [1.54, 1.807) is 19.9 Å². The van der Waals surface area contributed by atoms with Gasteiger partial charge in [0.2, 0.25) is 0 Å². The number of alkyl halides is 3. The van der Waals surface area contributed by atoms with Crippen LogP contribution in [0.25, 0.3) is 0 Å². The van der Waals surface area contributed by atoms with Crippen LogP contribution < -0.4 is 10.1 Å². The van der Waals surface area contributed by atoms with E-state index in [9.17, 15) is 22.8 Å². The molecule has 0 saturated carbocycles. The number of carbonyl (C=O) groups excluding carboxylic acids is 2. The van der Waals surface area contributed by atoms with Gasteiger partial charge in [0.1, 0.15) is 17.8 Å². The number of rotatable bonds is 5. The van der Waals surface area contributed by atoms with Gasteiger partial charge in [-0.15, -0.1) is 13.2 Å². The van der Waals surface area contributed by atoms with Crippen molar-refractivity contribution in [1.82, 2.24) is 20.2 Å². The molecule has 0 fully saturated rings. The Morgan fingerprint density at radius 1 is 1.29 bits per heavy atom. The standard InChI is InChI=1S/C20H23F3N4O4/c1-11(2)15(18(28)30-3)26-19(29)27-9-8-13-16(25-10-24-13)17(27)12-6-4-5-7-14(12)31-20(21,22)23/h4-7,10-11,15,17H,8-9H2,1-3H3,(H,24,25)(H,26,29). The van der Waals surface area contributed by atoms with Crippen LogP contribution in [0.1, 0.15) is 36.8 Å². The maximum Gasteiger partial charge on any atom is 0.573 e. The first-order chi connectivity index (χ1) is 14.6. The Labute approximate surface area is 176 Å². The number of aromatic amines is 1. The quantitative estimate of drug-likeness (QED) is 0.697. The number of urea groups is 1. The first-order valence-corrected chi connectivity index (χ1v) is 9.64. The van der Waals surface area contributed by atoms with Gasteiger partial charge in [0, 0.05) is 24.2 Å². The van der Waals surface area contributed by atoms with Gasteiger partial charge in [0.25, 0.3) is 0 Å². The summed E-state index contributed by atoms with van der Waals surface area (Å²) in [6.45, 7) is 3.68. The molecule has 1 aromatic carbocycles. The Balaban J connectivity index is 2.00. The van der Waals surface area contributed by atoms with Crippen molar-refractivity contribution in [1.29, 1.82) is 0 Å². The number of methoxy groups -OCH3 is 1. The van der Waals surface area contributed by atoms with E-state index in [-0.39, 0.29) is 18.0 Å². The number of halogens is 3. The van der Waals surface area contributed by atoms with Gasteiger partial charge in [-0.05, 0) is 12.0 Å². The van der Waals surface area contributed by atoms with E-state index < -0.39 is 36.2 Å². The van der Waals surface area contributed by atoms with Crippen molar-refractivity contribution in [3.63, 3.8) is 0 Å². The molecule has 1 aliphatic heterocycles. The van der Waals surface area contributed by atoms with Crippen molar-refractivity contribution in [3.8, 4) is 5.75 Å². The number of nitrogens with zero attached hydrogens (tertiary/aromatic N) is 2. The highest BCUT2D eigenvalue weighted by molar-refractivity contribution is 5.84. The highest BCUT2D eigenvalue weighted by Crippen LogP contribution is 2.39. The van der Waals surface area contributed by atoms with Crippen molar-refractivity contribution in [2.45, 2.75) is 38.7 Å². The molecule has 0 radical (unpaired) electrons. The van der Waals surface area contributed by atoms with Crippen LogP contribution in [0.2, 0.25) is 0 Å². The maximum atomic E-state index is 13.2. The minimum atomic E-state index is -4.90. The van der Waals surface area contributed by atoms with Crippen LogP contribution in [-0.4, -0.2) is 52.9 Å². The molecule has 2 atom stereocenters. The second-order valence-corrected chi connectivity index (χ2v) is 7.39. The van der Waals surface area contributed by atoms with Crippen molar-refractivity contribution in [2.24, 2.45) is 5.92 Å². The molecule has 3 rings (SSSR count). The zero-order valence-electron chi connectivity index (χ0n) is 17.2. The molecular weight excluding hydrogens is 417 g/mol. The monoisotopic (exact) mass is 440 g/mol. The van der Waals surface area contributed by atoms with Gasteiger partial charge in [-0.1, -0.05) is 32.0 Å². The summed E-state index contributed by atoms with van der Waals surface area (Å²) >= 11 is 0. The average molecular weight is 440 g/mol. The van der Waals surface area contributed by atoms with Crippen LogP contribution in [0.3, 0.4) is 0 Å². The van der Waals surface area contributed by atoms with Crippen LogP contribution in [0.5, 0.6) is 5.75 Å². The van der Waals surface area contributed by atoms with Gasteiger partial charge in [0.05, 0.1) is 19.1 Å². The number of hydrogen-bond acceptors (Lipinski definition) is 5. The number of ether oxygens (including phenoxy) is 2. The summed E-state index contributed by atoms with van der Waals surface area (Å²) in [6, 6.07) is 3.13. The second kappa shape index (κ2) is 8.86. The molecule has 0 bridgehead atoms. The fourth-order valence-corrected chi connectivity index (χ4v) is 3.58. The summed E-state index contributed by atoms with van der Waals surface area (Å²) in [5, 5.41) is 2.64. The molecule has 11 heteroatoms. The largest absolute Gasteiger partial charge is 0.573 e. The van der Waals surface area contributed by atoms with E-state index in [1.807, 2.05) is 0 Å².